The van der Waals surface area contributed by atoms with Crippen LogP contribution >= 0.6 is 0 Å². The molecule has 1 saturated heterocycles. The third kappa shape index (κ3) is 1.90. The molecule has 1 aliphatic heterocycles. The van der Waals surface area contributed by atoms with Gasteiger partial charge < -0.3 is 4.90 Å². The molecule has 0 N–H and O–H groups in total. The van der Waals surface area contributed by atoms with Crippen LogP contribution < -0.4 is 4.90 Å². The van der Waals surface area contributed by atoms with Crippen molar-refractivity contribution in [3.05, 3.63) is 60.4 Å². The Labute approximate surface area is 130 Å². The molecular weight excluding hydrogens is 274 g/mol. The molecule has 0 spiro atoms. The molecule has 2 heterocycles. The minimum Gasteiger partial charge on any atom is -0.322 e. The third-order valence-corrected chi connectivity index (χ3v) is 4.99. The lowest BCUT2D eigenvalue weighted by Gasteiger charge is -2.27. The fourth-order valence-electron chi connectivity index (χ4n) is 3.96. The molecule has 3 atom stereocenters. The van der Waals surface area contributed by atoms with Crippen LogP contribution in [0.3, 0.4) is 0 Å². The Kier molecular flexibility index (Phi) is 3.10. The van der Waals surface area contributed by atoms with Crippen molar-refractivity contribution in [3.63, 3.8) is 0 Å². The first-order valence-corrected chi connectivity index (χ1v) is 7.79. The molecule has 0 bridgehead atoms. The minimum absolute atomic E-state index is 0.0989. The lowest BCUT2D eigenvalue weighted by atomic mass is 9.96. The molecule has 4 rings (SSSR count). The summed E-state index contributed by atoms with van der Waals surface area (Å²) in [6.45, 7) is 0. The number of urea groups is 1. The molecule has 1 saturated carbocycles. The smallest absolute Gasteiger partial charge is 0.322 e. The summed E-state index contributed by atoms with van der Waals surface area (Å²) in [5.74, 6) is 0.306. The van der Waals surface area contributed by atoms with Gasteiger partial charge in [0.1, 0.15) is 0 Å². The Hall–Kier alpha value is -2.36. The number of benzene rings is 1. The Morgan fingerprint density at radius 1 is 1.05 bits per heavy atom. The largest absolute Gasteiger partial charge is 0.324 e. The number of nitrogens with zero attached hydrogens (tertiary/aromatic N) is 3. The van der Waals surface area contributed by atoms with Gasteiger partial charge >= 0.3 is 6.03 Å². The van der Waals surface area contributed by atoms with Gasteiger partial charge in [0.05, 0.1) is 12.1 Å². The first-order chi connectivity index (χ1) is 10.8. The number of carbonyl (C=O) groups excluding carboxylic acids is 1. The summed E-state index contributed by atoms with van der Waals surface area (Å²) in [5.41, 5.74) is 2.08. The van der Waals surface area contributed by atoms with E-state index >= 15 is 0 Å². The fourth-order valence-corrected chi connectivity index (χ4v) is 3.96. The van der Waals surface area contributed by atoms with Crippen LogP contribution in [0.2, 0.25) is 0 Å². The molecule has 4 nitrogen and oxygen atoms in total. The van der Waals surface area contributed by atoms with E-state index in [1.165, 1.54) is 0 Å². The van der Waals surface area contributed by atoms with Gasteiger partial charge in [0.2, 0.25) is 0 Å². The van der Waals surface area contributed by atoms with E-state index in [2.05, 4.69) is 11.1 Å². The molecule has 112 valence electrons. The van der Waals surface area contributed by atoms with E-state index in [0.717, 1.165) is 24.2 Å². The number of aromatic nitrogens is 1. The summed E-state index contributed by atoms with van der Waals surface area (Å²) in [5, 5.41) is 0. The molecular formula is C18H19N3O. The van der Waals surface area contributed by atoms with Crippen molar-refractivity contribution >= 4 is 11.7 Å². The van der Waals surface area contributed by atoms with Gasteiger partial charge in [-0.15, -0.1) is 0 Å². The zero-order valence-electron chi connectivity index (χ0n) is 12.6. The van der Waals surface area contributed by atoms with Crippen LogP contribution in [0.4, 0.5) is 10.5 Å². The molecule has 1 aromatic heterocycles. The van der Waals surface area contributed by atoms with E-state index in [0.29, 0.717) is 5.92 Å². The van der Waals surface area contributed by atoms with Crippen LogP contribution in [0.15, 0.2) is 54.7 Å². The molecule has 22 heavy (non-hydrogen) atoms. The van der Waals surface area contributed by atoms with E-state index in [1.54, 1.807) is 0 Å². The van der Waals surface area contributed by atoms with E-state index in [-0.39, 0.29) is 18.1 Å². The Balaban J connectivity index is 1.76. The molecule has 1 aliphatic carbocycles. The average molecular weight is 293 g/mol. The summed E-state index contributed by atoms with van der Waals surface area (Å²) in [6, 6.07) is 16.6. The van der Waals surface area contributed by atoms with Crippen LogP contribution in [0, 0.1) is 0 Å². The first-order valence-electron chi connectivity index (χ1n) is 7.79. The third-order valence-electron chi connectivity index (χ3n) is 4.99. The van der Waals surface area contributed by atoms with Gasteiger partial charge in [0.15, 0.2) is 0 Å². The second kappa shape index (κ2) is 5.13. The quantitative estimate of drug-likeness (QED) is 0.852. The maximum Gasteiger partial charge on any atom is 0.324 e. The summed E-state index contributed by atoms with van der Waals surface area (Å²) in [6.07, 6.45) is 3.96. The van der Waals surface area contributed by atoms with Gasteiger partial charge in [-0.1, -0.05) is 24.3 Å². The molecule has 2 aromatic rings. The first kappa shape index (κ1) is 13.3. The lowest BCUT2D eigenvalue weighted by Crippen LogP contribution is -2.38. The van der Waals surface area contributed by atoms with Crippen molar-refractivity contribution in [2.45, 2.75) is 30.8 Å². The number of likely N-dealkylation sites (N-methyl/N-ethyl adjacent to an activating group) is 1. The average Bonchev–Trinajstić information content (AvgIpc) is 3.10. The number of hydrogen-bond donors (Lipinski definition) is 0. The van der Waals surface area contributed by atoms with Crippen molar-refractivity contribution in [2.24, 2.45) is 0 Å². The van der Waals surface area contributed by atoms with Crippen LogP contribution in [0.5, 0.6) is 0 Å². The van der Waals surface area contributed by atoms with Gasteiger partial charge in [-0.05, 0) is 37.1 Å². The van der Waals surface area contributed by atoms with E-state index < -0.39 is 0 Å². The lowest BCUT2D eigenvalue weighted by molar-refractivity contribution is 0.218. The predicted octanol–water partition coefficient (Wildman–Crippen LogP) is 3.27. The highest BCUT2D eigenvalue weighted by atomic mass is 16.2. The number of anilines is 1. The Morgan fingerprint density at radius 2 is 1.82 bits per heavy atom. The summed E-state index contributed by atoms with van der Waals surface area (Å²) in [4.78, 5) is 21.1. The Bertz CT molecular complexity index is 673. The molecule has 0 radical (unpaired) electrons. The van der Waals surface area contributed by atoms with Gasteiger partial charge in [-0.25, -0.2) is 4.79 Å². The number of pyridine rings is 1. The number of carbonyl (C=O) groups is 1. The van der Waals surface area contributed by atoms with Gasteiger partial charge in [-0.2, -0.15) is 0 Å². The highest BCUT2D eigenvalue weighted by Crippen LogP contribution is 2.45. The SMILES string of the molecule is CN1C(=O)N(c2ccccc2)[C@@H]2[C@H](c3ccccn3)CC[C@@H]21. The van der Waals surface area contributed by atoms with Crippen LogP contribution in [0.25, 0.3) is 0 Å². The molecule has 2 amide bonds. The predicted molar refractivity (Wildman–Crippen MR) is 85.9 cm³/mol. The molecule has 2 fully saturated rings. The Morgan fingerprint density at radius 3 is 2.55 bits per heavy atom. The highest BCUT2D eigenvalue weighted by Gasteiger charge is 2.52. The minimum atomic E-state index is 0.0989. The zero-order valence-corrected chi connectivity index (χ0v) is 12.6. The fraction of sp³-hybridized carbons (Fsp3) is 0.333. The number of hydrogen-bond acceptors (Lipinski definition) is 2. The van der Waals surface area contributed by atoms with Crippen LogP contribution in [-0.2, 0) is 0 Å². The van der Waals surface area contributed by atoms with Crippen LogP contribution in [0.1, 0.15) is 24.5 Å². The van der Waals surface area contributed by atoms with Gasteiger partial charge in [0, 0.05) is 30.5 Å². The summed E-state index contributed by atoms with van der Waals surface area (Å²) < 4.78 is 0. The van der Waals surface area contributed by atoms with Crippen molar-refractivity contribution in [1.29, 1.82) is 0 Å². The van der Waals surface area contributed by atoms with Crippen LogP contribution in [-0.4, -0.2) is 35.0 Å². The molecule has 0 unspecified atom stereocenters. The van der Waals surface area contributed by atoms with Crippen molar-refractivity contribution < 1.29 is 4.79 Å². The summed E-state index contributed by atoms with van der Waals surface area (Å²) >= 11 is 0. The highest BCUT2D eigenvalue weighted by molar-refractivity contribution is 5.95. The van der Waals surface area contributed by atoms with Gasteiger partial charge in [-0.3, -0.25) is 9.88 Å². The topological polar surface area (TPSA) is 36.4 Å². The molecule has 2 aliphatic rings. The zero-order chi connectivity index (χ0) is 15.1. The number of amides is 2. The van der Waals surface area contributed by atoms with Crippen molar-refractivity contribution in [3.8, 4) is 0 Å². The second-order valence-electron chi connectivity index (χ2n) is 6.10. The summed E-state index contributed by atoms with van der Waals surface area (Å²) in [7, 11) is 1.92. The van der Waals surface area contributed by atoms with E-state index in [4.69, 9.17) is 0 Å². The number of rotatable bonds is 2. The van der Waals surface area contributed by atoms with E-state index in [1.807, 2.05) is 65.5 Å². The van der Waals surface area contributed by atoms with E-state index in [9.17, 15) is 4.79 Å². The normalized spacial score (nSPS) is 27.3. The second-order valence-corrected chi connectivity index (χ2v) is 6.10. The molecule has 1 aromatic carbocycles. The maximum atomic E-state index is 12.7. The standard InChI is InChI=1S/C18H19N3O/c1-20-16-11-10-14(15-9-5-6-12-19-15)17(16)21(18(20)22)13-7-3-2-4-8-13/h2-9,12,14,16-17H,10-11H2,1H3/t14-,16-,17+/m0/s1. The number of fused-ring (bicyclic) bond motifs is 1. The van der Waals surface area contributed by atoms with Crippen molar-refractivity contribution in [2.75, 3.05) is 11.9 Å². The molecule has 4 heteroatoms. The maximum absolute atomic E-state index is 12.7. The van der Waals surface area contributed by atoms with Crippen molar-refractivity contribution in [1.82, 2.24) is 9.88 Å². The number of para-hydroxylation sites is 1. The van der Waals surface area contributed by atoms with Gasteiger partial charge in [0.25, 0.3) is 0 Å². The monoisotopic (exact) mass is 293 g/mol.